The molecule has 3 N–H and O–H groups in total. The number of thioether (sulfide) groups is 1. The Balaban J connectivity index is 4.47. The first-order chi connectivity index (χ1) is 6.88. The van der Waals surface area contributed by atoms with Gasteiger partial charge in [0, 0.05) is 11.8 Å². The molecule has 0 saturated carbocycles. The average molecular weight is 248 g/mol. The highest BCUT2D eigenvalue weighted by Crippen LogP contribution is 2.22. The monoisotopic (exact) mass is 248 g/mol. The zero-order valence-corrected chi connectivity index (χ0v) is 11.4. The lowest BCUT2D eigenvalue weighted by Gasteiger charge is -2.27. The van der Waals surface area contributed by atoms with Crippen LogP contribution in [-0.2, 0) is 4.79 Å². The van der Waals surface area contributed by atoms with E-state index in [1.165, 1.54) is 0 Å². The van der Waals surface area contributed by atoms with Crippen LogP contribution in [0.2, 0.25) is 0 Å². The van der Waals surface area contributed by atoms with Crippen LogP contribution >= 0.6 is 24.0 Å². The molecule has 0 saturated heterocycles. The van der Waals surface area contributed by atoms with Crippen LogP contribution in [0, 0.1) is 5.41 Å². The quantitative estimate of drug-likeness (QED) is 0.700. The van der Waals surface area contributed by atoms with Crippen molar-refractivity contribution in [2.45, 2.75) is 33.2 Å². The molecule has 0 rings (SSSR count). The standard InChI is InChI=1S/C10H20N2OS2/c1-5-10(3,8(11)14)9(13)12-7(2)6-15-4/h7H,5-6H2,1-4H3,(H2,11,14)(H,12,13). The van der Waals surface area contributed by atoms with Crippen LogP contribution in [0.5, 0.6) is 0 Å². The van der Waals surface area contributed by atoms with Gasteiger partial charge in [0.15, 0.2) is 0 Å². The fourth-order valence-electron chi connectivity index (χ4n) is 1.12. The van der Waals surface area contributed by atoms with Crippen molar-refractivity contribution in [2.24, 2.45) is 11.1 Å². The van der Waals surface area contributed by atoms with Gasteiger partial charge in [-0.25, -0.2) is 0 Å². The average Bonchev–Trinajstić information content (AvgIpc) is 2.16. The number of hydrogen-bond acceptors (Lipinski definition) is 3. The molecule has 0 spiro atoms. The van der Waals surface area contributed by atoms with Crippen molar-refractivity contribution < 1.29 is 4.79 Å². The molecule has 0 heterocycles. The molecule has 5 heteroatoms. The van der Waals surface area contributed by atoms with E-state index in [4.69, 9.17) is 18.0 Å². The Morgan fingerprint density at radius 2 is 2.20 bits per heavy atom. The molecule has 88 valence electrons. The summed E-state index contributed by atoms with van der Waals surface area (Å²) in [4.78, 5) is 12.2. The van der Waals surface area contributed by atoms with Crippen LogP contribution in [0.3, 0.4) is 0 Å². The molecule has 0 aliphatic rings. The van der Waals surface area contributed by atoms with Crippen molar-refractivity contribution in [3.63, 3.8) is 0 Å². The highest BCUT2D eigenvalue weighted by molar-refractivity contribution is 7.98. The van der Waals surface area contributed by atoms with Crippen LogP contribution in [-0.4, -0.2) is 28.9 Å². The summed E-state index contributed by atoms with van der Waals surface area (Å²) in [6, 6.07) is 0.146. The minimum atomic E-state index is -0.720. The molecule has 0 aliphatic carbocycles. The van der Waals surface area contributed by atoms with E-state index in [0.717, 1.165) is 5.75 Å². The van der Waals surface area contributed by atoms with E-state index in [-0.39, 0.29) is 16.9 Å². The van der Waals surface area contributed by atoms with Crippen molar-refractivity contribution in [3.8, 4) is 0 Å². The van der Waals surface area contributed by atoms with Gasteiger partial charge < -0.3 is 11.1 Å². The van der Waals surface area contributed by atoms with Crippen LogP contribution in [0.15, 0.2) is 0 Å². The van der Waals surface area contributed by atoms with Gasteiger partial charge in [-0.05, 0) is 26.5 Å². The zero-order valence-electron chi connectivity index (χ0n) is 9.79. The van der Waals surface area contributed by atoms with Crippen molar-refractivity contribution in [2.75, 3.05) is 12.0 Å². The van der Waals surface area contributed by atoms with Gasteiger partial charge in [0.2, 0.25) is 5.91 Å². The van der Waals surface area contributed by atoms with E-state index in [9.17, 15) is 4.79 Å². The topological polar surface area (TPSA) is 55.1 Å². The predicted molar refractivity (Wildman–Crippen MR) is 71.2 cm³/mol. The van der Waals surface area contributed by atoms with Gasteiger partial charge >= 0.3 is 0 Å². The summed E-state index contributed by atoms with van der Waals surface area (Å²) >= 11 is 6.63. The normalized spacial score (nSPS) is 16.5. The summed E-state index contributed by atoms with van der Waals surface area (Å²) in [5.74, 6) is 0.821. The minimum absolute atomic E-state index is 0.0703. The smallest absolute Gasteiger partial charge is 0.232 e. The van der Waals surface area contributed by atoms with E-state index >= 15 is 0 Å². The van der Waals surface area contributed by atoms with E-state index in [1.54, 1.807) is 18.7 Å². The zero-order chi connectivity index (χ0) is 12.1. The summed E-state index contributed by atoms with van der Waals surface area (Å²) in [7, 11) is 0. The maximum absolute atomic E-state index is 11.9. The fourth-order valence-corrected chi connectivity index (χ4v) is 1.94. The molecule has 2 atom stereocenters. The maximum atomic E-state index is 11.9. The van der Waals surface area contributed by atoms with Crippen LogP contribution in [0.25, 0.3) is 0 Å². The Labute approximate surface area is 102 Å². The molecule has 0 radical (unpaired) electrons. The predicted octanol–water partition coefficient (Wildman–Crippen LogP) is 1.56. The lowest BCUT2D eigenvalue weighted by atomic mass is 9.86. The Morgan fingerprint density at radius 3 is 2.53 bits per heavy atom. The number of amides is 1. The molecule has 0 aromatic heterocycles. The van der Waals surface area contributed by atoms with Gasteiger partial charge in [0.1, 0.15) is 0 Å². The second kappa shape index (κ2) is 6.33. The van der Waals surface area contributed by atoms with Gasteiger partial charge in [-0.3, -0.25) is 4.79 Å². The molecule has 15 heavy (non-hydrogen) atoms. The Bertz CT molecular complexity index is 246. The lowest BCUT2D eigenvalue weighted by Crippen LogP contribution is -2.49. The highest BCUT2D eigenvalue weighted by Gasteiger charge is 2.34. The third-order valence-electron chi connectivity index (χ3n) is 2.55. The van der Waals surface area contributed by atoms with Gasteiger partial charge in [0.05, 0.1) is 10.4 Å². The second-order valence-corrected chi connectivity index (χ2v) is 5.23. The van der Waals surface area contributed by atoms with E-state index < -0.39 is 5.41 Å². The summed E-state index contributed by atoms with van der Waals surface area (Å²) in [6.07, 6.45) is 2.63. The maximum Gasteiger partial charge on any atom is 0.232 e. The summed E-state index contributed by atoms with van der Waals surface area (Å²) < 4.78 is 0. The van der Waals surface area contributed by atoms with Gasteiger partial charge in [0.25, 0.3) is 0 Å². The van der Waals surface area contributed by atoms with Crippen molar-refractivity contribution in [3.05, 3.63) is 0 Å². The molecule has 0 fully saturated rings. The largest absolute Gasteiger partial charge is 0.392 e. The van der Waals surface area contributed by atoms with E-state index in [2.05, 4.69) is 5.32 Å². The molecule has 2 unspecified atom stereocenters. The van der Waals surface area contributed by atoms with Crippen molar-refractivity contribution >= 4 is 34.9 Å². The molecule has 0 aromatic carbocycles. The van der Waals surface area contributed by atoms with Gasteiger partial charge in [-0.1, -0.05) is 19.1 Å². The molecular formula is C10H20N2OS2. The summed E-state index contributed by atoms with van der Waals surface area (Å²) in [5, 5.41) is 2.93. The molecule has 0 bridgehead atoms. The number of thiocarbonyl (C=S) groups is 1. The Kier molecular flexibility index (Phi) is 6.20. The number of carbonyl (C=O) groups excluding carboxylic acids is 1. The van der Waals surface area contributed by atoms with Crippen LogP contribution in [0.4, 0.5) is 0 Å². The first kappa shape index (κ1) is 14.7. The number of carbonyl (C=O) groups is 1. The molecule has 0 aromatic rings. The lowest BCUT2D eigenvalue weighted by molar-refractivity contribution is -0.127. The first-order valence-corrected chi connectivity index (χ1v) is 6.78. The minimum Gasteiger partial charge on any atom is -0.392 e. The van der Waals surface area contributed by atoms with Crippen LogP contribution in [0.1, 0.15) is 27.2 Å². The van der Waals surface area contributed by atoms with E-state index in [0.29, 0.717) is 6.42 Å². The third kappa shape index (κ3) is 3.99. The Morgan fingerprint density at radius 1 is 1.67 bits per heavy atom. The summed E-state index contributed by atoms with van der Waals surface area (Å²) in [5.41, 5.74) is 4.88. The third-order valence-corrected chi connectivity index (χ3v) is 3.83. The van der Waals surface area contributed by atoms with Gasteiger partial charge in [-0.15, -0.1) is 0 Å². The van der Waals surface area contributed by atoms with Crippen molar-refractivity contribution in [1.82, 2.24) is 5.32 Å². The first-order valence-electron chi connectivity index (χ1n) is 4.98. The van der Waals surface area contributed by atoms with Crippen molar-refractivity contribution in [1.29, 1.82) is 0 Å². The Hall–Kier alpha value is -0.290. The highest BCUT2D eigenvalue weighted by atomic mass is 32.2. The molecular weight excluding hydrogens is 228 g/mol. The fraction of sp³-hybridized carbons (Fsp3) is 0.800. The SMILES string of the molecule is CCC(C)(C(=O)NC(C)CSC)C(N)=S. The molecule has 3 nitrogen and oxygen atoms in total. The summed E-state index contributed by atoms with van der Waals surface area (Å²) in [6.45, 7) is 5.68. The molecule has 0 aliphatic heterocycles. The number of hydrogen-bond donors (Lipinski definition) is 2. The van der Waals surface area contributed by atoms with Gasteiger partial charge in [-0.2, -0.15) is 11.8 Å². The number of nitrogens with two attached hydrogens (primary N) is 1. The van der Waals surface area contributed by atoms with E-state index in [1.807, 2.05) is 20.1 Å². The molecule has 1 amide bonds. The van der Waals surface area contributed by atoms with Crippen LogP contribution < -0.4 is 11.1 Å². The number of nitrogens with one attached hydrogen (secondary N) is 1. The number of rotatable bonds is 6. The second-order valence-electron chi connectivity index (χ2n) is 3.88.